The predicted molar refractivity (Wildman–Crippen MR) is 103 cm³/mol. The fourth-order valence-corrected chi connectivity index (χ4v) is 4.22. The number of amides is 3. The first-order chi connectivity index (χ1) is 13.5. The van der Waals surface area contributed by atoms with E-state index in [0.717, 1.165) is 30.0 Å². The third-order valence-corrected chi connectivity index (χ3v) is 5.69. The standard InChI is InChI=1S/C19H25N5O4/c1-12(25)21-11-17-16-9-13-8-14(2-3-15(13)24(16)19(27)28-17)22-4-6-23(7-5-22)18(26)10-20/h2-3,8,16-17H,4-7,9-11,20H2,1H3,(H,21,25)/t16-,17-/m0/s1. The van der Waals surface area contributed by atoms with Crippen molar-refractivity contribution in [2.75, 3.05) is 49.1 Å². The fraction of sp³-hybridized carbons (Fsp3) is 0.526. The first kappa shape index (κ1) is 18.5. The van der Waals surface area contributed by atoms with Gasteiger partial charge in [0.15, 0.2) is 0 Å². The molecule has 0 unspecified atom stereocenters. The Morgan fingerprint density at radius 2 is 2.00 bits per heavy atom. The van der Waals surface area contributed by atoms with E-state index in [4.69, 9.17) is 10.5 Å². The van der Waals surface area contributed by atoms with Gasteiger partial charge in [0, 0.05) is 38.8 Å². The molecular formula is C19H25N5O4. The van der Waals surface area contributed by atoms with Gasteiger partial charge in [-0.2, -0.15) is 0 Å². The lowest BCUT2D eigenvalue weighted by Gasteiger charge is -2.36. The summed E-state index contributed by atoms with van der Waals surface area (Å²) in [4.78, 5) is 41.0. The number of hydrogen-bond acceptors (Lipinski definition) is 6. The Hall–Kier alpha value is -2.81. The van der Waals surface area contributed by atoms with Gasteiger partial charge in [0.1, 0.15) is 6.10 Å². The Morgan fingerprint density at radius 1 is 1.25 bits per heavy atom. The van der Waals surface area contributed by atoms with Crippen molar-refractivity contribution in [2.24, 2.45) is 5.73 Å². The van der Waals surface area contributed by atoms with E-state index in [-0.39, 0.29) is 36.6 Å². The number of benzene rings is 1. The average molecular weight is 387 g/mol. The lowest BCUT2D eigenvalue weighted by molar-refractivity contribution is -0.130. The number of carbonyl (C=O) groups is 3. The van der Waals surface area contributed by atoms with Gasteiger partial charge in [-0.25, -0.2) is 4.79 Å². The van der Waals surface area contributed by atoms with Crippen molar-refractivity contribution in [2.45, 2.75) is 25.5 Å². The lowest BCUT2D eigenvalue weighted by atomic mass is 10.0. The number of nitrogens with two attached hydrogens (primary N) is 1. The van der Waals surface area contributed by atoms with E-state index in [9.17, 15) is 14.4 Å². The molecule has 2 atom stereocenters. The van der Waals surface area contributed by atoms with Crippen LogP contribution in [0.2, 0.25) is 0 Å². The van der Waals surface area contributed by atoms with Crippen LogP contribution >= 0.6 is 0 Å². The number of nitrogens with zero attached hydrogens (tertiary/aromatic N) is 3. The maximum Gasteiger partial charge on any atom is 0.415 e. The summed E-state index contributed by atoms with van der Waals surface area (Å²) in [6.45, 7) is 4.65. The maximum absolute atomic E-state index is 12.3. The average Bonchev–Trinajstić information content (AvgIpc) is 3.22. The van der Waals surface area contributed by atoms with Gasteiger partial charge in [0.2, 0.25) is 11.8 Å². The molecule has 0 aliphatic carbocycles. The number of carbonyl (C=O) groups excluding carboxylic acids is 3. The van der Waals surface area contributed by atoms with E-state index in [1.54, 1.807) is 9.80 Å². The molecule has 0 radical (unpaired) electrons. The van der Waals surface area contributed by atoms with E-state index in [2.05, 4.69) is 16.3 Å². The molecule has 0 aromatic heterocycles. The van der Waals surface area contributed by atoms with Crippen molar-refractivity contribution in [3.8, 4) is 0 Å². The summed E-state index contributed by atoms with van der Waals surface area (Å²) in [5.74, 6) is -0.155. The van der Waals surface area contributed by atoms with Gasteiger partial charge in [-0.3, -0.25) is 14.5 Å². The molecular weight excluding hydrogens is 362 g/mol. The third kappa shape index (κ3) is 3.26. The molecule has 150 valence electrons. The summed E-state index contributed by atoms with van der Waals surface area (Å²) < 4.78 is 5.44. The third-order valence-electron chi connectivity index (χ3n) is 5.69. The molecule has 28 heavy (non-hydrogen) atoms. The summed E-state index contributed by atoms with van der Waals surface area (Å²) in [5.41, 5.74) is 8.51. The van der Waals surface area contributed by atoms with Gasteiger partial charge in [-0.15, -0.1) is 0 Å². The van der Waals surface area contributed by atoms with Crippen molar-refractivity contribution in [3.05, 3.63) is 23.8 Å². The molecule has 0 bridgehead atoms. The molecule has 1 aromatic carbocycles. The van der Waals surface area contributed by atoms with Gasteiger partial charge in [-0.1, -0.05) is 0 Å². The normalized spacial score (nSPS) is 23.4. The number of ether oxygens (including phenoxy) is 1. The summed E-state index contributed by atoms with van der Waals surface area (Å²) in [5, 5.41) is 2.74. The number of nitrogens with one attached hydrogen (secondary N) is 1. The second kappa shape index (κ2) is 7.31. The van der Waals surface area contributed by atoms with Crippen molar-refractivity contribution >= 4 is 29.3 Å². The molecule has 9 heteroatoms. The summed E-state index contributed by atoms with van der Waals surface area (Å²) in [6.07, 6.45) is -0.0102. The van der Waals surface area contributed by atoms with E-state index >= 15 is 0 Å². The van der Waals surface area contributed by atoms with Crippen molar-refractivity contribution < 1.29 is 19.1 Å². The molecule has 9 nitrogen and oxygen atoms in total. The summed E-state index contributed by atoms with van der Waals surface area (Å²) in [6, 6.07) is 6.00. The molecule has 2 fully saturated rings. The van der Waals surface area contributed by atoms with Crippen LogP contribution in [0.4, 0.5) is 16.2 Å². The van der Waals surface area contributed by atoms with Gasteiger partial charge in [-0.05, 0) is 30.2 Å². The smallest absolute Gasteiger partial charge is 0.415 e. The molecule has 3 N–H and O–H groups in total. The van der Waals surface area contributed by atoms with E-state index in [1.807, 2.05) is 12.1 Å². The predicted octanol–water partition coefficient (Wildman–Crippen LogP) is -0.320. The number of cyclic esters (lactones) is 1. The van der Waals surface area contributed by atoms with Crippen LogP contribution in [0, 0.1) is 0 Å². The molecule has 2 saturated heterocycles. The number of anilines is 2. The molecule has 3 amide bonds. The van der Waals surface area contributed by atoms with Gasteiger partial charge in [0.25, 0.3) is 0 Å². The van der Waals surface area contributed by atoms with E-state index in [0.29, 0.717) is 26.1 Å². The van der Waals surface area contributed by atoms with Crippen molar-refractivity contribution in [1.29, 1.82) is 0 Å². The van der Waals surface area contributed by atoms with E-state index < -0.39 is 0 Å². The minimum Gasteiger partial charge on any atom is -0.442 e. The molecule has 3 aliphatic heterocycles. The monoisotopic (exact) mass is 387 g/mol. The summed E-state index contributed by atoms with van der Waals surface area (Å²) in [7, 11) is 0. The zero-order valence-corrected chi connectivity index (χ0v) is 15.9. The Morgan fingerprint density at radius 3 is 2.68 bits per heavy atom. The number of rotatable bonds is 4. The number of hydrogen-bond donors (Lipinski definition) is 2. The van der Waals surface area contributed by atoms with E-state index in [1.165, 1.54) is 6.92 Å². The molecule has 0 saturated carbocycles. The topological polar surface area (TPSA) is 108 Å². The molecule has 3 heterocycles. The van der Waals surface area contributed by atoms with Crippen LogP contribution in [0.3, 0.4) is 0 Å². The second-order valence-electron chi connectivity index (χ2n) is 7.39. The Kier molecular flexibility index (Phi) is 4.84. The lowest BCUT2D eigenvalue weighted by Crippen LogP contribution is -2.50. The van der Waals surface area contributed by atoms with Gasteiger partial charge in [0.05, 0.1) is 24.8 Å². The zero-order valence-electron chi connectivity index (χ0n) is 15.9. The van der Waals surface area contributed by atoms with Crippen molar-refractivity contribution in [1.82, 2.24) is 10.2 Å². The number of fused-ring (bicyclic) bond motifs is 3. The molecule has 0 spiro atoms. The minimum atomic E-state index is -0.360. The Balaban J connectivity index is 1.46. The first-order valence-electron chi connectivity index (χ1n) is 9.58. The van der Waals surface area contributed by atoms with Crippen LogP contribution in [0.25, 0.3) is 0 Å². The summed E-state index contributed by atoms with van der Waals surface area (Å²) >= 11 is 0. The number of piperazine rings is 1. The van der Waals surface area contributed by atoms with Crippen LogP contribution in [0.15, 0.2) is 18.2 Å². The fourth-order valence-electron chi connectivity index (χ4n) is 4.22. The maximum atomic E-state index is 12.3. The molecule has 3 aliphatic rings. The SMILES string of the molecule is CC(=O)NC[C@@H]1OC(=O)N2c3ccc(N4CCN(C(=O)CN)CC4)cc3C[C@@H]12. The van der Waals surface area contributed by atoms with Gasteiger partial charge < -0.3 is 25.6 Å². The second-order valence-corrected chi connectivity index (χ2v) is 7.39. The highest BCUT2D eigenvalue weighted by Crippen LogP contribution is 2.40. The molecule has 4 rings (SSSR count). The van der Waals surface area contributed by atoms with Crippen molar-refractivity contribution in [3.63, 3.8) is 0 Å². The minimum absolute atomic E-state index is 0.0158. The van der Waals surface area contributed by atoms with Gasteiger partial charge >= 0.3 is 6.09 Å². The largest absolute Gasteiger partial charge is 0.442 e. The van der Waals surface area contributed by atoms with Crippen LogP contribution in [-0.4, -0.2) is 74.2 Å². The Labute approximate surface area is 163 Å². The van der Waals surface area contributed by atoms with Crippen LogP contribution in [0.1, 0.15) is 12.5 Å². The van der Waals surface area contributed by atoms with Crippen LogP contribution < -0.4 is 20.9 Å². The highest BCUT2D eigenvalue weighted by Gasteiger charge is 2.47. The van der Waals surface area contributed by atoms with Crippen LogP contribution in [-0.2, 0) is 20.7 Å². The van der Waals surface area contributed by atoms with Crippen LogP contribution in [0.5, 0.6) is 0 Å². The highest BCUT2D eigenvalue weighted by atomic mass is 16.6. The quantitative estimate of drug-likeness (QED) is 0.733. The zero-order chi connectivity index (χ0) is 19.8. The Bertz CT molecular complexity index is 806. The first-order valence-corrected chi connectivity index (χ1v) is 9.58. The molecule has 1 aromatic rings. The highest BCUT2D eigenvalue weighted by molar-refractivity contribution is 5.94.